The highest BCUT2D eigenvalue weighted by Crippen LogP contribution is 2.29. The van der Waals surface area contributed by atoms with Gasteiger partial charge in [0, 0.05) is 0 Å². The van der Waals surface area contributed by atoms with Gasteiger partial charge in [-0.2, -0.15) is 0 Å². The Kier molecular flexibility index (Phi) is 6.78. The number of hydrogen-bond donors (Lipinski definition) is 1. The van der Waals surface area contributed by atoms with Gasteiger partial charge in [0.2, 0.25) is 0 Å². The number of ether oxygens (including phenoxy) is 1. The van der Waals surface area contributed by atoms with Crippen molar-refractivity contribution in [1.82, 2.24) is 5.32 Å². The second-order valence-corrected chi connectivity index (χ2v) is 6.70. The lowest BCUT2D eigenvalue weighted by Crippen LogP contribution is -2.27. The van der Waals surface area contributed by atoms with Crippen LogP contribution in [-0.2, 0) is 17.9 Å². The Labute approximate surface area is 129 Å². The van der Waals surface area contributed by atoms with Crippen molar-refractivity contribution in [1.29, 1.82) is 0 Å². The first-order valence-corrected chi connectivity index (χ1v) is 8.59. The molecular weight excluding hydrogens is 262 g/mol. The van der Waals surface area contributed by atoms with Crippen LogP contribution in [0, 0.1) is 11.8 Å². The van der Waals surface area contributed by atoms with Gasteiger partial charge in [-0.25, -0.2) is 0 Å². The summed E-state index contributed by atoms with van der Waals surface area (Å²) in [6.45, 7) is 9.14. The molecule has 0 spiro atoms. The van der Waals surface area contributed by atoms with Crippen molar-refractivity contribution in [3.8, 4) is 0 Å². The highest BCUT2D eigenvalue weighted by atomic mass is 16.5. The van der Waals surface area contributed by atoms with Crippen LogP contribution in [0.15, 0.2) is 16.5 Å². The molecule has 0 aromatic carbocycles. The van der Waals surface area contributed by atoms with E-state index < -0.39 is 0 Å². The van der Waals surface area contributed by atoms with Crippen LogP contribution in [-0.4, -0.2) is 12.6 Å². The van der Waals surface area contributed by atoms with Crippen molar-refractivity contribution < 1.29 is 9.15 Å². The van der Waals surface area contributed by atoms with E-state index in [1.165, 1.54) is 32.1 Å². The summed E-state index contributed by atoms with van der Waals surface area (Å²) in [4.78, 5) is 0. The summed E-state index contributed by atoms with van der Waals surface area (Å²) in [6, 6.07) is 4.11. The number of hydrogen-bond acceptors (Lipinski definition) is 3. The molecule has 1 aliphatic carbocycles. The third-order valence-electron chi connectivity index (χ3n) is 4.37. The fraction of sp³-hybridized carbons (Fsp3) is 0.778. The van der Waals surface area contributed by atoms with Gasteiger partial charge in [-0.3, -0.25) is 0 Å². The number of rotatable bonds is 8. The summed E-state index contributed by atoms with van der Waals surface area (Å²) in [5, 5.41) is 3.40. The van der Waals surface area contributed by atoms with Crippen LogP contribution in [0.1, 0.15) is 64.4 Å². The van der Waals surface area contributed by atoms with Crippen LogP contribution in [0.5, 0.6) is 0 Å². The molecule has 2 unspecified atom stereocenters. The monoisotopic (exact) mass is 293 g/mol. The molecular formula is C18H31NO2. The maximum absolute atomic E-state index is 6.11. The molecule has 0 amide bonds. The predicted octanol–water partition coefficient (Wildman–Crippen LogP) is 4.51. The summed E-state index contributed by atoms with van der Waals surface area (Å²) in [5.74, 6) is 3.36. The molecule has 1 N–H and O–H groups in total. The number of furan rings is 1. The highest BCUT2D eigenvalue weighted by Gasteiger charge is 2.24. The zero-order valence-electron chi connectivity index (χ0n) is 13.9. The van der Waals surface area contributed by atoms with E-state index in [2.05, 4.69) is 38.2 Å². The Balaban J connectivity index is 1.74. The van der Waals surface area contributed by atoms with E-state index in [0.29, 0.717) is 18.6 Å². The SMILES string of the molecule is CCC1CCCCC1OCc1ccc(CNCC(C)C)o1. The first kappa shape index (κ1) is 16.6. The molecule has 0 saturated heterocycles. The Morgan fingerprint density at radius 1 is 1.24 bits per heavy atom. The maximum Gasteiger partial charge on any atom is 0.129 e. The van der Waals surface area contributed by atoms with E-state index in [0.717, 1.165) is 30.5 Å². The third-order valence-corrected chi connectivity index (χ3v) is 4.37. The Hall–Kier alpha value is -0.800. The topological polar surface area (TPSA) is 34.4 Å². The molecule has 2 atom stereocenters. The van der Waals surface area contributed by atoms with Crippen LogP contribution in [0.2, 0.25) is 0 Å². The molecule has 1 aromatic rings. The number of nitrogens with one attached hydrogen (secondary N) is 1. The maximum atomic E-state index is 6.11. The Bertz CT molecular complexity index is 400. The van der Waals surface area contributed by atoms with E-state index in [4.69, 9.17) is 9.15 Å². The molecule has 1 aliphatic rings. The molecule has 0 aliphatic heterocycles. The van der Waals surface area contributed by atoms with E-state index in [1.807, 2.05) is 0 Å². The van der Waals surface area contributed by atoms with Gasteiger partial charge >= 0.3 is 0 Å². The largest absolute Gasteiger partial charge is 0.462 e. The van der Waals surface area contributed by atoms with Crippen LogP contribution in [0.25, 0.3) is 0 Å². The second-order valence-electron chi connectivity index (χ2n) is 6.70. The van der Waals surface area contributed by atoms with Crippen molar-refractivity contribution >= 4 is 0 Å². The lowest BCUT2D eigenvalue weighted by molar-refractivity contribution is -0.0286. The lowest BCUT2D eigenvalue weighted by atomic mass is 9.85. The van der Waals surface area contributed by atoms with Crippen molar-refractivity contribution in [2.75, 3.05) is 6.54 Å². The van der Waals surface area contributed by atoms with Gasteiger partial charge in [0.25, 0.3) is 0 Å². The van der Waals surface area contributed by atoms with Gasteiger partial charge in [0.1, 0.15) is 18.1 Å². The van der Waals surface area contributed by atoms with E-state index in [-0.39, 0.29) is 0 Å². The summed E-state index contributed by atoms with van der Waals surface area (Å²) >= 11 is 0. The molecule has 1 fully saturated rings. The second kappa shape index (κ2) is 8.60. The molecule has 3 nitrogen and oxygen atoms in total. The first-order chi connectivity index (χ1) is 10.2. The molecule has 1 heterocycles. The van der Waals surface area contributed by atoms with Gasteiger partial charge in [0.05, 0.1) is 12.6 Å². The molecule has 0 bridgehead atoms. The minimum Gasteiger partial charge on any atom is -0.462 e. The van der Waals surface area contributed by atoms with Crippen LogP contribution >= 0.6 is 0 Å². The summed E-state index contributed by atoms with van der Waals surface area (Å²) in [6.07, 6.45) is 6.87. The molecule has 2 rings (SSSR count). The van der Waals surface area contributed by atoms with E-state index in [9.17, 15) is 0 Å². The van der Waals surface area contributed by atoms with Crippen LogP contribution in [0.4, 0.5) is 0 Å². The third kappa shape index (κ3) is 5.48. The van der Waals surface area contributed by atoms with Gasteiger partial charge in [-0.15, -0.1) is 0 Å². The molecule has 1 aromatic heterocycles. The Morgan fingerprint density at radius 3 is 2.76 bits per heavy atom. The van der Waals surface area contributed by atoms with Crippen LogP contribution in [0.3, 0.4) is 0 Å². The molecule has 3 heteroatoms. The van der Waals surface area contributed by atoms with Gasteiger partial charge < -0.3 is 14.5 Å². The zero-order valence-corrected chi connectivity index (χ0v) is 13.9. The van der Waals surface area contributed by atoms with Gasteiger partial charge in [-0.1, -0.05) is 40.0 Å². The average molecular weight is 293 g/mol. The minimum atomic E-state index is 0.427. The fourth-order valence-electron chi connectivity index (χ4n) is 3.13. The van der Waals surface area contributed by atoms with Crippen molar-refractivity contribution in [2.24, 2.45) is 11.8 Å². The van der Waals surface area contributed by atoms with Crippen molar-refractivity contribution in [3.63, 3.8) is 0 Å². The van der Waals surface area contributed by atoms with Gasteiger partial charge in [-0.05, 0) is 43.4 Å². The van der Waals surface area contributed by atoms with Crippen molar-refractivity contribution in [2.45, 2.75) is 72.1 Å². The standard InChI is InChI=1S/C18H31NO2/c1-4-15-7-5-6-8-18(15)20-13-17-10-9-16(21-17)12-19-11-14(2)3/h9-10,14-15,18-19H,4-8,11-13H2,1-3H3. The van der Waals surface area contributed by atoms with E-state index >= 15 is 0 Å². The first-order valence-electron chi connectivity index (χ1n) is 8.59. The quantitative estimate of drug-likeness (QED) is 0.765. The zero-order chi connectivity index (χ0) is 15.1. The summed E-state index contributed by atoms with van der Waals surface area (Å²) in [7, 11) is 0. The summed E-state index contributed by atoms with van der Waals surface area (Å²) in [5.41, 5.74) is 0. The molecule has 0 radical (unpaired) electrons. The minimum absolute atomic E-state index is 0.427. The van der Waals surface area contributed by atoms with Gasteiger partial charge in [0.15, 0.2) is 0 Å². The molecule has 120 valence electrons. The van der Waals surface area contributed by atoms with E-state index in [1.54, 1.807) is 0 Å². The van der Waals surface area contributed by atoms with Crippen molar-refractivity contribution in [3.05, 3.63) is 23.7 Å². The predicted molar refractivity (Wildman–Crippen MR) is 86.1 cm³/mol. The summed E-state index contributed by atoms with van der Waals surface area (Å²) < 4.78 is 12.0. The smallest absolute Gasteiger partial charge is 0.129 e. The highest BCUT2D eigenvalue weighted by molar-refractivity contribution is 5.06. The molecule has 1 saturated carbocycles. The lowest BCUT2D eigenvalue weighted by Gasteiger charge is -2.30. The molecule has 21 heavy (non-hydrogen) atoms. The normalized spacial score (nSPS) is 22.9. The Morgan fingerprint density at radius 2 is 2.00 bits per heavy atom. The fourth-order valence-corrected chi connectivity index (χ4v) is 3.13. The average Bonchev–Trinajstić information content (AvgIpc) is 2.93. The van der Waals surface area contributed by atoms with Crippen LogP contribution < -0.4 is 5.32 Å².